The van der Waals surface area contributed by atoms with Gasteiger partial charge < -0.3 is 4.40 Å². The maximum absolute atomic E-state index is 14.2. The largest absolute Gasteiger partial charge is 0.305 e. The van der Waals surface area contributed by atoms with Crippen LogP contribution in [0.2, 0.25) is 0 Å². The van der Waals surface area contributed by atoms with Gasteiger partial charge in [-0.15, -0.1) is 0 Å². The van der Waals surface area contributed by atoms with E-state index in [2.05, 4.69) is 6.07 Å². The molecule has 172 valence electrons. The highest BCUT2D eigenvalue weighted by Crippen LogP contribution is 2.39. The lowest BCUT2D eigenvalue weighted by atomic mass is 9.92. The third-order valence-corrected chi connectivity index (χ3v) is 6.71. The third kappa shape index (κ3) is 3.45. The van der Waals surface area contributed by atoms with Gasteiger partial charge in [0.15, 0.2) is 5.78 Å². The number of carbonyl (C=O) groups is 2. The van der Waals surface area contributed by atoms with Gasteiger partial charge in [-0.05, 0) is 30.2 Å². The summed E-state index contributed by atoms with van der Waals surface area (Å²) in [4.78, 5) is 28.4. The molecule has 0 aliphatic rings. The van der Waals surface area contributed by atoms with Crippen LogP contribution in [0.3, 0.4) is 0 Å². The zero-order chi connectivity index (χ0) is 24.6. The number of aromatic nitrogens is 1. The Morgan fingerprint density at radius 2 is 1.11 bits per heavy atom. The third-order valence-electron chi connectivity index (χ3n) is 6.71. The molecule has 0 radical (unpaired) electrons. The summed E-state index contributed by atoms with van der Waals surface area (Å²) >= 11 is 0. The van der Waals surface area contributed by atoms with E-state index in [0.29, 0.717) is 27.9 Å². The molecule has 6 aromatic rings. The molecule has 3 nitrogen and oxygen atoms in total. The van der Waals surface area contributed by atoms with Gasteiger partial charge in [0.05, 0.1) is 16.6 Å². The summed E-state index contributed by atoms with van der Waals surface area (Å²) in [5.74, 6) is -0.223. The van der Waals surface area contributed by atoms with Crippen molar-refractivity contribution in [3.63, 3.8) is 0 Å². The van der Waals surface area contributed by atoms with E-state index in [9.17, 15) is 9.59 Å². The predicted molar refractivity (Wildman–Crippen MR) is 145 cm³/mol. The van der Waals surface area contributed by atoms with Crippen LogP contribution < -0.4 is 0 Å². The first-order chi connectivity index (χ1) is 17.6. The van der Waals surface area contributed by atoms with Crippen molar-refractivity contribution in [2.75, 3.05) is 0 Å². The maximum atomic E-state index is 14.2. The molecule has 36 heavy (non-hydrogen) atoms. The van der Waals surface area contributed by atoms with Crippen LogP contribution in [0, 0.1) is 6.92 Å². The van der Waals surface area contributed by atoms with Crippen LogP contribution >= 0.6 is 0 Å². The average molecular weight is 466 g/mol. The first kappa shape index (κ1) is 21.8. The Balaban J connectivity index is 1.82. The van der Waals surface area contributed by atoms with Gasteiger partial charge in [0.2, 0.25) is 5.78 Å². The minimum absolute atomic E-state index is 0.103. The van der Waals surface area contributed by atoms with Gasteiger partial charge in [-0.2, -0.15) is 0 Å². The number of pyridine rings is 1. The molecule has 0 aliphatic heterocycles. The summed E-state index contributed by atoms with van der Waals surface area (Å²) in [5, 5.41) is 1.04. The SMILES string of the molecule is Cc1cc2c(C(=O)c3ccccc3)c(-c3ccccc3)c(C(=O)c3ccccc3)n2c2ccccc12. The smallest absolute Gasteiger partial charge is 0.210 e. The van der Waals surface area contributed by atoms with Crippen LogP contribution in [0.5, 0.6) is 0 Å². The number of hydrogen-bond acceptors (Lipinski definition) is 2. The zero-order valence-electron chi connectivity index (χ0n) is 19.8. The standard InChI is InChI=1S/C33H23NO2/c1-22-21-28-30(32(35)24-15-7-3-8-16-24)29(23-13-5-2-6-14-23)31(33(36)25-17-9-4-10-18-25)34(28)27-20-12-11-19-26(22)27/h2-21H,1H3. The Morgan fingerprint density at radius 1 is 0.583 bits per heavy atom. The van der Waals surface area contributed by atoms with Crippen molar-refractivity contribution in [3.05, 3.63) is 149 Å². The normalized spacial score (nSPS) is 11.1. The summed E-state index contributed by atoms with van der Waals surface area (Å²) in [5.41, 5.74) is 6.39. The Morgan fingerprint density at radius 3 is 1.75 bits per heavy atom. The van der Waals surface area contributed by atoms with Crippen molar-refractivity contribution < 1.29 is 9.59 Å². The van der Waals surface area contributed by atoms with Crippen LogP contribution in [0.25, 0.3) is 27.5 Å². The van der Waals surface area contributed by atoms with E-state index in [1.807, 2.05) is 127 Å². The second-order valence-corrected chi connectivity index (χ2v) is 8.92. The van der Waals surface area contributed by atoms with Gasteiger partial charge in [-0.3, -0.25) is 9.59 Å². The monoisotopic (exact) mass is 465 g/mol. The molecule has 0 fully saturated rings. The molecule has 0 unspecified atom stereocenters. The molecule has 6 rings (SSSR count). The quantitative estimate of drug-likeness (QED) is 0.247. The number of ketones is 2. The average Bonchev–Trinajstić information content (AvgIpc) is 3.28. The van der Waals surface area contributed by atoms with Gasteiger partial charge in [0.1, 0.15) is 5.69 Å². The van der Waals surface area contributed by atoms with Crippen LogP contribution in [0.1, 0.15) is 37.5 Å². The van der Waals surface area contributed by atoms with Crippen molar-refractivity contribution in [2.45, 2.75) is 6.92 Å². The van der Waals surface area contributed by atoms with Gasteiger partial charge in [0.25, 0.3) is 0 Å². The van der Waals surface area contributed by atoms with Gasteiger partial charge in [-0.1, -0.05) is 109 Å². The Labute approximate surface area is 209 Å². The summed E-state index contributed by atoms with van der Waals surface area (Å²) < 4.78 is 1.98. The molecule has 0 bridgehead atoms. The minimum Gasteiger partial charge on any atom is -0.305 e. The fourth-order valence-electron chi connectivity index (χ4n) is 5.05. The van der Waals surface area contributed by atoms with Crippen molar-refractivity contribution in [1.82, 2.24) is 4.40 Å². The van der Waals surface area contributed by atoms with Crippen LogP contribution in [0.4, 0.5) is 0 Å². The molecule has 0 spiro atoms. The molecular formula is C33H23NO2. The summed E-state index contributed by atoms with van der Waals surface area (Å²) in [7, 11) is 0. The van der Waals surface area contributed by atoms with E-state index in [1.54, 1.807) is 0 Å². The van der Waals surface area contributed by atoms with Crippen LogP contribution in [0.15, 0.2) is 121 Å². The number of hydrogen-bond donors (Lipinski definition) is 0. The number of benzene rings is 4. The lowest BCUT2D eigenvalue weighted by molar-refractivity contribution is 0.103. The molecule has 3 heteroatoms. The van der Waals surface area contributed by atoms with Crippen molar-refractivity contribution >= 4 is 28.0 Å². The number of aryl methyl sites for hydroxylation is 1. The molecule has 0 saturated heterocycles. The van der Waals surface area contributed by atoms with Crippen molar-refractivity contribution in [3.8, 4) is 11.1 Å². The lowest BCUT2D eigenvalue weighted by Crippen LogP contribution is -2.08. The van der Waals surface area contributed by atoms with E-state index in [4.69, 9.17) is 0 Å². The van der Waals surface area contributed by atoms with Gasteiger partial charge in [-0.25, -0.2) is 0 Å². The summed E-state index contributed by atoms with van der Waals surface area (Å²) in [6.45, 7) is 2.05. The van der Waals surface area contributed by atoms with E-state index in [1.165, 1.54) is 0 Å². The molecule has 0 saturated carbocycles. The molecule has 0 atom stereocenters. The van der Waals surface area contributed by atoms with E-state index < -0.39 is 0 Å². The zero-order valence-corrected chi connectivity index (χ0v) is 19.8. The van der Waals surface area contributed by atoms with E-state index in [0.717, 1.165) is 27.5 Å². The van der Waals surface area contributed by atoms with Crippen molar-refractivity contribution in [1.29, 1.82) is 0 Å². The maximum Gasteiger partial charge on any atom is 0.210 e. The Kier molecular flexibility index (Phi) is 5.31. The first-order valence-corrected chi connectivity index (χ1v) is 12.0. The number of nitrogens with zero attached hydrogens (tertiary/aromatic N) is 1. The fourth-order valence-corrected chi connectivity index (χ4v) is 5.05. The number of rotatable bonds is 5. The first-order valence-electron chi connectivity index (χ1n) is 12.0. The van der Waals surface area contributed by atoms with E-state index in [-0.39, 0.29) is 11.6 Å². The second kappa shape index (κ2) is 8.79. The van der Waals surface area contributed by atoms with E-state index >= 15 is 0 Å². The van der Waals surface area contributed by atoms with Gasteiger partial charge in [0, 0.05) is 22.1 Å². The molecular weight excluding hydrogens is 442 g/mol. The lowest BCUT2D eigenvalue weighted by Gasteiger charge is -2.11. The highest BCUT2D eigenvalue weighted by Gasteiger charge is 2.30. The fraction of sp³-hybridized carbons (Fsp3) is 0.0303. The molecule has 0 aliphatic carbocycles. The van der Waals surface area contributed by atoms with Gasteiger partial charge >= 0.3 is 0 Å². The highest BCUT2D eigenvalue weighted by atomic mass is 16.1. The molecule has 0 amide bonds. The topological polar surface area (TPSA) is 38.5 Å². The van der Waals surface area contributed by atoms with Crippen LogP contribution in [-0.4, -0.2) is 16.0 Å². The number of para-hydroxylation sites is 1. The highest BCUT2D eigenvalue weighted by molar-refractivity contribution is 6.24. The summed E-state index contributed by atoms with van der Waals surface area (Å²) in [6, 6.07) is 38.4. The number of carbonyl (C=O) groups excluding carboxylic acids is 2. The minimum atomic E-state index is -0.120. The second-order valence-electron chi connectivity index (χ2n) is 8.92. The predicted octanol–water partition coefficient (Wildman–Crippen LogP) is 7.53. The van der Waals surface area contributed by atoms with Crippen LogP contribution in [-0.2, 0) is 0 Å². The molecule has 2 aromatic heterocycles. The number of fused-ring (bicyclic) bond motifs is 3. The molecule has 0 N–H and O–H groups in total. The summed E-state index contributed by atoms with van der Waals surface area (Å²) in [6.07, 6.45) is 0. The Hall–Kier alpha value is -4.76. The molecule has 4 aromatic carbocycles. The van der Waals surface area contributed by atoms with Crippen molar-refractivity contribution in [2.24, 2.45) is 0 Å². The molecule has 2 heterocycles. The Bertz CT molecular complexity index is 1750.